The van der Waals surface area contributed by atoms with Gasteiger partial charge in [0.2, 0.25) is 0 Å². The largest absolute Gasteiger partial charge is 0.389 e. The molecule has 0 atom stereocenters. The fourth-order valence-corrected chi connectivity index (χ4v) is 2.98. The van der Waals surface area contributed by atoms with E-state index in [0.29, 0.717) is 4.99 Å². The summed E-state index contributed by atoms with van der Waals surface area (Å²) in [6, 6.07) is 6.10. The lowest BCUT2D eigenvalue weighted by Gasteiger charge is -2.15. The van der Waals surface area contributed by atoms with Crippen LogP contribution in [0.3, 0.4) is 0 Å². The topological polar surface area (TPSA) is 38.0 Å². The summed E-state index contributed by atoms with van der Waals surface area (Å²) in [5, 5.41) is 3.52. The Morgan fingerprint density at radius 2 is 2.11 bits per heavy atom. The van der Waals surface area contributed by atoms with Crippen LogP contribution in [0.5, 0.6) is 0 Å². The zero-order valence-corrected chi connectivity index (χ0v) is 11.9. The van der Waals surface area contributed by atoms with Crippen molar-refractivity contribution in [2.24, 2.45) is 11.7 Å². The van der Waals surface area contributed by atoms with Crippen molar-refractivity contribution in [2.45, 2.75) is 39.0 Å². The molecule has 2 rings (SSSR count). The number of thiocarbonyl (C=S) groups is 1. The van der Waals surface area contributed by atoms with Crippen molar-refractivity contribution in [3.8, 4) is 0 Å². The number of benzene rings is 1. The molecule has 3 N–H and O–H groups in total. The Bertz CT molecular complexity index is 423. The molecule has 98 valence electrons. The number of nitrogens with two attached hydrogens (primary N) is 1. The summed E-state index contributed by atoms with van der Waals surface area (Å²) in [6.07, 6.45) is 6.88. The lowest BCUT2D eigenvalue weighted by molar-refractivity contribution is 0.518. The van der Waals surface area contributed by atoms with Crippen molar-refractivity contribution in [1.82, 2.24) is 0 Å². The molecular weight excluding hydrogens is 240 g/mol. The summed E-state index contributed by atoms with van der Waals surface area (Å²) in [5.74, 6) is 0.912. The standard InChI is InChI=1S/C15H22N2S/c1-11-5-4-8-13(15(16)18)14(11)17-10-9-12-6-2-3-7-12/h4-5,8,12,17H,2-3,6-7,9-10H2,1H3,(H2,16,18). The van der Waals surface area contributed by atoms with E-state index in [4.69, 9.17) is 18.0 Å². The maximum Gasteiger partial charge on any atom is 0.106 e. The summed E-state index contributed by atoms with van der Waals surface area (Å²) in [6.45, 7) is 3.12. The van der Waals surface area contributed by atoms with E-state index in [1.165, 1.54) is 37.7 Å². The van der Waals surface area contributed by atoms with Gasteiger partial charge in [-0.25, -0.2) is 0 Å². The first-order valence-corrected chi connectivity index (χ1v) is 7.22. The summed E-state index contributed by atoms with van der Waals surface area (Å²) in [4.78, 5) is 0.474. The van der Waals surface area contributed by atoms with E-state index in [1.54, 1.807) is 0 Å². The van der Waals surface area contributed by atoms with Crippen molar-refractivity contribution in [3.63, 3.8) is 0 Å². The van der Waals surface area contributed by atoms with E-state index in [9.17, 15) is 0 Å². The van der Waals surface area contributed by atoms with Crippen molar-refractivity contribution in [3.05, 3.63) is 29.3 Å². The molecule has 0 bridgehead atoms. The molecule has 0 radical (unpaired) electrons. The molecule has 1 aliphatic carbocycles. The Labute approximate surface area is 115 Å². The van der Waals surface area contributed by atoms with Crippen molar-refractivity contribution in [2.75, 3.05) is 11.9 Å². The zero-order valence-electron chi connectivity index (χ0n) is 11.0. The highest BCUT2D eigenvalue weighted by molar-refractivity contribution is 7.80. The van der Waals surface area contributed by atoms with Crippen molar-refractivity contribution < 1.29 is 0 Å². The molecule has 2 nitrogen and oxygen atoms in total. The molecule has 1 fully saturated rings. The molecule has 0 amide bonds. The van der Waals surface area contributed by atoms with E-state index in [-0.39, 0.29) is 0 Å². The number of para-hydroxylation sites is 1. The van der Waals surface area contributed by atoms with E-state index in [1.807, 2.05) is 12.1 Å². The van der Waals surface area contributed by atoms with Gasteiger partial charge in [0, 0.05) is 17.8 Å². The molecule has 1 aliphatic rings. The highest BCUT2D eigenvalue weighted by Crippen LogP contribution is 2.28. The van der Waals surface area contributed by atoms with Gasteiger partial charge in [0.15, 0.2) is 0 Å². The zero-order chi connectivity index (χ0) is 13.0. The smallest absolute Gasteiger partial charge is 0.106 e. The highest BCUT2D eigenvalue weighted by Gasteiger charge is 2.15. The van der Waals surface area contributed by atoms with Crippen LogP contribution in [0.25, 0.3) is 0 Å². The Hall–Kier alpha value is -1.09. The molecular formula is C15H22N2S. The van der Waals surface area contributed by atoms with E-state index in [2.05, 4.69) is 18.3 Å². The third-order valence-corrected chi connectivity index (χ3v) is 4.09. The van der Waals surface area contributed by atoms with Crippen LogP contribution in [0, 0.1) is 12.8 Å². The van der Waals surface area contributed by atoms with Crippen molar-refractivity contribution >= 4 is 22.9 Å². The van der Waals surface area contributed by atoms with Crippen LogP contribution in [0.2, 0.25) is 0 Å². The minimum atomic E-state index is 0.474. The second kappa shape index (κ2) is 6.19. The molecule has 0 aromatic heterocycles. The average molecular weight is 262 g/mol. The molecule has 1 aromatic rings. The van der Waals surface area contributed by atoms with Gasteiger partial charge in [-0.3, -0.25) is 0 Å². The van der Waals surface area contributed by atoms with Gasteiger partial charge in [0.25, 0.3) is 0 Å². The molecule has 0 unspecified atom stereocenters. The number of aryl methyl sites for hydroxylation is 1. The van der Waals surface area contributed by atoms with E-state index < -0.39 is 0 Å². The first-order valence-electron chi connectivity index (χ1n) is 6.82. The highest BCUT2D eigenvalue weighted by atomic mass is 32.1. The monoisotopic (exact) mass is 262 g/mol. The van der Waals surface area contributed by atoms with Gasteiger partial charge in [-0.15, -0.1) is 0 Å². The molecule has 0 saturated heterocycles. The lowest BCUT2D eigenvalue weighted by atomic mass is 10.0. The Morgan fingerprint density at radius 1 is 1.39 bits per heavy atom. The number of hydrogen-bond acceptors (Lipinski definition) is 2. The predicted molar refractivity (Wildman–Crippen MR) is 82.1 cm³/mol. The fraction of sp³-hybridized carbons (Fsp3) is 0.533. The summed E-state index contributed by atoms with van der Waals surface area (Å²) in [7, 11) is 0. The molecule has 3 heteroatoms. The second-order valence-corrected chi connectivity index (χ2v) is 5.67. The first kappa shape index (κ1) is 13.3. The first-order chi connectivity index (χ1) is 8.68. The molecule has 0 heterocycles. The van der Waals surface area contributed by atoms with Gasteiger partial charge in [-0.2, -0.15) is 0 Å². The number of nitrogens with one attached hydrogen (secondary N) is 1. The third kappa shape index (κ3) is 3.22. The lowest BCUT2D eigenvalue weighted by Crippen LogP contribution is -2.15. The molecule has 0 aliphatic heterocycles. The maximum absolute atomic E-state index is 5.77. The average Bonchev–Trinajstić information content (AvgIpc) is 2.84. The minimum absolute atomic E-state index is 0.474. The van der Waals surface area contributed by atoms with Gasteiger partial charge >= 0.3 is 0 Å². The van der Waals surface area contributed by atoms with Gasteiger partial charge in [-0.1, -0.05) is 50.0 Å². The second-order valence-electron chi connectivity index (χ2n) is 5.23. The van der Waals surface area contributed by atoms with Gasteiger partial charge in [-0.05, 0) is 30.9 Å². The third-order valence-electron chi connectivity index (χ3n) is 3.87. The van der Waals surface area contributed by atoms with Crippen LogP contribution < -0.4 is 11.1 Å². The summed E-state index contributed by atoms with van der Waals surface area (Å²) < 4.78 is 0. The maximum atomic E-state index is 5.77. The molecule has 1 saturated carbocycles. The molecule has 18 heavy (non-hydrogen) atoms. The quantitative estimate of drug-likeness (QED) is 0.796. The molecule has 0 spiro atoms. The van der Waals surface area contributed by atoms with Gasteiger partial charge in [0.05, 0.1) is 0 Å². The fourth-order valence-electron chi connectivity index (χ4n) is 2.81. The Balaban J connectivity index is 1.97. The van der Waals surface area contributed by atoms with E-state index in [0.717, 1.165) is 23.7 Å². The van der Waals surface area contributed by atoms with Crippen LogP contribution in [-0.4, -0.2) is 11.5 Å². The minimum Gasteiger partial charge on any atom is -0.389 e. The molecule has 1 aromatic carbocycles. The Morgan fingerprint density at radius 3 is 2.78 bits per heavy atom. The van der Waals surface area contributed by atoms with E-state index >= 15 is 0 Å². The van der Waals surface area contributed by atoms with Gasteiger partial charge < -0.3 is 11.1 Å². The summed E-state index contributed by atoms with van der Waals surface area (Å²) >= 11 is 5.10. The van der Waals surface area contributed by atoms with Crippen molar-refractivity contribution in [1.29, 1.82) is 0 Å². The normalized spacial score (nSPS) is 15.8. The summed E-state index contributed by atoms with van der Waals surface area (Å²) in [5.41, 5.74) is 9.07. The van der Waals surface area contributed by atoms with Crippen LogP contribution in [0.1, 0.15) is 43.2 Å². The van der Waals surface area contributed by atoms with Crippen LogP contribution in [0.15, 0.2) is 18.2 Å². The van der Waals surface area contributed by atoms with Crippen LogP contribution in [0.4, 0.5) is 5.69 Å². The van der Waals surface area contributed by atoms with Crippen LogP contribution >= 0.6 is 12.2 Å². The van der Waals surface area contributed by atoms with Gasteiger partial charge in [0.1, 0.15) is 4.99 Å². The predicted octanol–water partition coefficient (Wildman–Crippen LogP) is 3.62. The number of rotatable bonds is 5. The SMILES string of the molecule is Cc1cccc(C(N)=S)c1NCCC1CCCC1. The Kier molecular flexibility index (Phi) is 4.59. The van der Waals surface area contributed by atoms with Crippen LogP contribution in [-0.2, 0) is 0 Å². The number of anilines is 1. The number of hydrogen-bond donors (Lipinski definition) is 2.